The van der Waals surface area contributed by atoms with E-state index >= 15 is 0 Å². The molecule has 0 spiro atoms. The van der Waals surface area contributed by atoms with Crippen molar-refractivity contribution in [2.75, 3.05) is 26.2 Å². The first-order chi connectivity index (χ1) is 6.70. The fourth-order valence-electron chi connectivity index (χ4n) is 1.13. The lowest BCUT2D eigenvalue weighted by molar-refractivity contribution is 0.487. The quantitative estimate of drug-likeness (QED) is 0.155. The van der Waals surface area contributed by atoms with Crippen molar-refractivity contribution in [2.24, 2.45) is 16.6 Å². The minimum atomic E-state index is -0.00269. The van der Waals surface area contributed by atoms with Crippen LogP contribution in [-0.2, 0) is 0 Å². The maximum absolute atomic E-state index is 6.92. The van der Waals surface area contributed by atoms with Crippen LogP contribution in [-0.4, -0.2) is 43.1 Å². The highest BCUT2D eigenvalue weighted by Gasteiger charge is 2.12. The monoisotopic (exact) mass is 199 g/mol. The molecule has 7 nitrogen and oxygen atoms in total. The van der Waals surface area contributed by atoms with Crippen LogP contribution in [0, 0.1) is 5.41 Å². The molecule has 7 N–H and O–H groups in total. The Hall–Kier alpha value is -1.50. The Balaban J connectivity index is 2.10. The first-order valence-corrected chi connectivity index (χ1v) is 4.58. The number of hydrogen-bond acceptors (Lipinski definition) is 3. The SMILES string of the molecule is N=C(N)NCCCN=C1NCCN1N. The third-order valence-corrected chi connectivity index (χ3v) is 1.82. The van der Waals surface area contributed by atoms with Crippen LogP contribution in [0.2, 0.25) is 0 Å². The predicted molar refractivity (Wildman–Crippen MR) is 55.7 cm³/mol. The van der Waals surface area contributed by atoms with Crippen molar-refractivity contribution in [1.82, 2.24) is 15.6 Å². The molecule has 0 aromatic rings. The summed E-state index contributed by atoms with van der Waals surface area (Å²) in [6.45, 7) is 2.98. The van der Waals surface area contributed by atoms with Crippen LogP contribution >= 0.6 is 0 Å². The highest BCUT2D eigenvalue weighted by Crippen LogP contribution is 1.90. The van der Waals surface area contributed by atoms with Gasteiger partial charge in [-0.25, -0.2) is 5.84 Å². The third-order valence-electron chi connectivity index (χ3n) is 1.82. The van der Waals surface area contributed by atoms with E-state index in [1.807, 2.05) is 0 Å². The van der Waals surface area contributed by atoms with Gasteiger partial charge in [-0.05, 0) is 6.42 Å². The Morgan fingerprint density at radius 3 is 3.07 bits per heavy atom. The summed E-state index contributed by atoms with van der Waals surface area (Å²) >= 11 is 0. The molecule has 7 heteroatoms. The molecule has 0 saturated carbocycles. The highest BCUT2D eigenvalue weighted by atomic mass is 15.5. The number of nitrogens with two attached hydrogens (primary N) is 2. The zero-order valence-corrected chi connectivity index (χ0v) is 8.08. The number of guanidine groups is 2. The normalized spacial score (nSPS) is 18.4. The van der Waals surface area contributed by atoms with E-state index in [1.54, 1.807) is 5.01 Å². The molecule has 1 aliphatic heterocycles. The van der Waals surface area contributed by atoms with Gasteiger partial charge < -0.3 is 16.4 Å². The second-order valence-corrected chi connectivity index (χ2v) is 3.02. The average molecular weight is 199 g/mol. The lowest BCUT2D eigenvalue weighted by Gasteiger charge is -2.09. The van der Waals surface area contributed by atoms with Crippen molar-refractivity contribution in [1.29, 1.82) is 5.41 Å². The maximum Gasteiger partial charge on any atom is 0.208 e. The largest absolute Gasteiger partial charge is 0.370 e. The molecule has 0 aromatic heterocycles. The highest BCUT2D eigenvalue weighted by molar-refractivity contribution is 5.81. The molecule has 0 bridgehead atoms. The molecule has 0 aliphatic carbocycles. The van der Waals surface area contributed by atoms with Crippen molar-refractivity contribution in [3.8, 4) is 0 Å². The molecule has 1 heterocycles. The Bertz CT molecular complexity index is 224. The smallest absolute Gasteiger partial charge is 0.208 e. The number of nitrogens with zero attached hydrogens (tertiary/aromatic N) is 2. The Morgan fingerprint density at radius 1 is 1.71 bits per heavy atom. The zero-order chi connectivity index (χ0) is 10.4. The Morgan fingerprint density at radius 2 is 2.50 bits per heavy atom. The Labute approximate surface area is 83.0 Å². The van der Waals surface area contributed by atoms with Crippen LogP contribution in [0.25, 0.3) is 0 Å². The molecule has 0 unspecified atom stereocenters. The van der Waals surface area contributed by atoms with Gasteiger partial charge in [-0.15, -0.1) is 0 Å². The van der Waals surface area contributed by atoms with Crippen molar-refractivity contribution >= 4 is 11.9 Å². The third kappa shape index (κ3) is 3.48. The standard InChI is InChI=1S/C7H17N7/c8-6(9)11-2-1-3-12-7-13-4-5-14(7)10/h1-5,10H2,(H,12,13)(H4,8,9,11). The van der Waals surface area contributed by atoms with Crippen molar-refractivity contribution < 1.29 is 0 Å². The number of nitrogens with one attached hydrogen (secondary N) is 3. The molecule has 1 fully saturated rings. The second-order valence-electron chi connectivity index (χ2n) is 3.02. The van der Waals surface area contributed by atoms with E-state index in [4.69, 9.17) is 17.0 Å². The summed E-state index contributed by atoms with van der Waals surface area (Å²) < 4.78 is 0. The van der Waals surface area contributed by atoms with Crippen LogP contribution in [0.5, 0.6) is 0 Å². The van der Waals surface area contributed by atoms with Gasteiger partial charge in [0.15, 0.2) is 5.96 Å². The van der Waals surface area contributed by atoms with Crippen LogP contribution in [0.1, 0.15) is 6.42 Å². The summed E-state index contributed by atoms with van der Waals surface area (Å²) in [6.07, 6.45) is 0.832. The summed E-state index contributed by atoms with van der Waals surface area (Å²) in [5.74, 6) is 6.35. The summed E-state index contributed by atoms with van der Waals surface area (Å²) in [7, 11) is 0. The number of hydrogen-bond donors (Lipinski definition) is 5. The summed E-state index contributed by atoms with van der Waals surface area (Å²) in [6, 6.07) is 0. The number of aliphatic imine (C=N–C) groups is 1. The van der Waals surface area contributed by atoms with Gasteiger partial charge in [-0.1, -0.05) is 0 Å². The van der Waals surface area contributed by atoms with Gasteiger partial charge in [0.05, 0.1) is 6.54 Å². The van der Waals surface area contributed by atoms with E-state index < -0.39 is 0 Å². The summed E-state index contributed by atoms with van der Waals surface area (Å²) in [5.41, 5.74) is 5.11. The molecule has 1 saturated heterocycles. The van der Waals surface area contributed by atoms with Gasteiger partial charge in [0.25, 0.3) is 0 Å². The zero-order valence-electron chi connectivity index (χ0n) is 8.08. The first kappa shape index (κ1) is 10.6. The van der Waals surface area contributed by atoms with E-state index in [1.165, 1.54) is 0 Å². The molecule has 80 valence electrons. The second kappa shape index (κ2) is 5.28. The van der Waals surface area contributed by atoms with Crippen LogP contribution in [0.15, 0.2) is 4.99 Å². The lowest BCUT2D eigenvalue weighted by atomic mass is 10.4. The van der Waals surface area contributed by atoms with Crippen molar-refractivity contribution in [2.45, 2.75) is 6.42 Å². The van der Waals surface area contributed by atoms with E-state index in [0.29, 0.717) is 13.1 Å². The molecule has 14 heavy (non-hydrogen) atoms. The molecular formula is C7H17N7. The Kier molecular flexibility index (Phi) is 3.99. The topological polar surface area (TPSA) is 116 Å². The summed E-state index contributed by atoms with van der Waals surface area (Å²) in [5, 5.41) is 14.3. The van der Waals surface area contributed by atoms with Gasteiger partial charge in [0, 0.05) is 19.6 Å². The number of hydrazine groups is 1. The van der Waals surface area contributed by atoms with Gasteiger partial charge in [-0.2, -0.15) is 0 Å². The molecule has 0 radical (unpaired) electrons. The predicted octanol–water partition coefficient (Wildman–Crippen LogP) is -2.01. The fourth-order valence-corrected chi connectivity index (χ4v) is 1.13. The molecule has 1 aliphatic rings. The molecule has 0 aromatic carbocycles. The van der Waals surface area contributed by atoms with Crippen LogP contribution in [0.4, 0.5) is 0 Å². The molecule has 0 atom stereocenters. The van der Waals surface area contributed by atoms with E-state index in [-0.39, 0.29) is 5.96 Å². The van der Waals surface area contributed by atoms with E-state index in [9.17, 15) is 0 Å². The van der Waals surface area contributed by atoms with Crippen molar-refractivity contribution in [3.05, 3.63) is 0 Å². The van der Waals surface area contributed by atoms with Gasteiger partial charge in [0.2, 0.25) is 5.96 Å². The summed E-state index contributed by atoms with van der Waals surface area (Å²) in [4.78, 5) is 4.26. The maximum atomic E-state index is 6.92. The van der Waals surface area contributed by atoms with Gasteiger partial charge >= 0.3 is 0 Å². The lowest BCUT2D eigenvalue weighted by Crippen LogP contribution is -2.36. The minimum Gasteiger partial charge on any atom is -0.370 e. The van der Waals surface area contributed by atoms with Crippen LogP contribution < -0.4 is 22.2 Å². The van der Waals surface area contributed by atoms with Crippen LogP contribution in [0.3, 0.4) is 0 Å². The first-order valence-electron chi connectivity index (χ1n) is 4.58. The van der Waals surface area contributed by atoms with Crippen molar-refractivity contribution in [3.63, 3.8) is 0 Å². The van der Waals surface area contributed by atoms with Gasteiger partial charge in [-0.3, -0.25) is 15.4 Å². The molecule has 1 rings (SSSR count). The minimum absolute atomic E-state index is 0.00269. The number of rotatable bonds is 4. The fraction of sp³-hybridized carbons (Fsp3) is 0.714. The van der Waals surface area contributed by atoms with E-state index in [0.717, 1.165) is 25.5 Å². The van der Waals surface area contributed by atoms with E-state index in [2.05, 4.69) is 15.6 Å². The average Bonchev–Trinajstić information content (AvgIpc) is 2.51. The van der Waals surface area contributed by atoms with Gasteiger partial charge in [0.1, 0.15) is 0 Å². The molecular weight excluding hydrogens is 182 g/mol. The molecule has 0 amide bonds.